The van der Waals surface area contributed by atoms with E-state index in [2.05, 4.69) is 6.58 Å². The van der Waals surface area contributed by atoms with E-state index in [9.17, 15) is 4.79 Å². The standard InChI is InChI=1S/C24H25NO4S2/c1-5-8-17-13-16(14-20(28-6-2)22(17)29-7-3)15-21-23(26)25(24(30)31-21)18-9-11-19(27-4)12-10-18/h5,9-15H,1,6-8H2,2-4H3/b21-15-. The summed E-state index contributed by atoms with van der Waals surface area (Å²) >= 11 is 6.76. The van der Waals surface area contributed by atoms with Crippen molar-refractivity contribution < 1.29 is 19.0 Å². The van der Waals surface area contributed by atoms with Gasteiger partial charge in [-0.1, -0.05) is 30.1 Å². The molecule has 1 amide bonds. The highest BCUT2D eigenvalue weighted by atomic mass is 32.2. The number of ether oxygens (including phenoxy) is 3. The Bertz CT molecular complexity index is 1010. The maximum absolute atomic E-state index is 13.1. The zero-order valence-corrected chi connectivity index (χ0v) is 19.5. The number of amides is 1. The predicted octanol–water partition coefficient (Wildman–Crippen LogP) is 5.63. The van der Waals surface area contributed by atoms with Crippen molar-refractivity contribution in [2.45, 2.75) is 20.3 Å². The molecule has 1 fully saturated rings. The van der Waals surface area contributed by atoms with Crippen molar-refractivity contribution in [1.82, 2.24) is 0 Å². The van der Waals surface area contributed by atoms with Crippen molar-refractivity contribution in [3.05, 3.63) is 65.1 Å². The molecule has 1 aliphatic heterocycles. The second kappa shape index (κ2) is 10.5. The quantitative estimate of drug-likeness (QED) is 0.278. The molecule has 1 heterocycles. The van der Waals surface area contributed by atoms with Crippen LogP contribution in [0.15, 0.2) is 54.0 Å². The molecule has 0 N–H and O–H groups in total. The van der Waals surface area contributed by atoms with Gasteiger partial charge in [-0.2, -0.15) is 0 Å². The molecule has 0 unspecified atom stereocenters. The zero-order valence-electron chi connectivity index (χ0n) is 17.8. The van der Waals surface area contributed by atoms with Gasteiger partial charge in [0.1, 0.15) is 5.75 Å². The van der Waals surface area contributed by atoms with Gasteiger partial charge in [0.15, 0.2) is 15.8 Å². The topological polar surface area (TPSA) is 48.0 Å². The first-order valence-electron chi connectivity index (χ1n) is 9.97. The van der Waals surface area contributed by atoms with E-state index in [0.717, 1.165) is 16.9 Å². The van der Waals surface area contributed by atoms with E-state index in [4.69, 9.17) is 26.4 Å². The van der Waals surface area contributed by atoms with E-state index in [1.807, 2.05) is 50.3 Å². The molecule has 0 radical (unpaired) electrons. The lowest BCUT2D eigenvalue weighted by Gasteiger charge is -2.16. The van der Waals surface area contributed by atoms with Gasteiger partial charge in [0.2, 0.25) is 0 Å². The number of carbonyl (C=O) groups excluding carboxylic acids is 1. The van der Waals surface area contributed by atoms with Crippen LogP contribution in [0.1, 0.15) is 25.0 Å². The highest BCUT2D eigenvalue weighted by Crippen LogP contribution is 2.39. The van der Waals surface area contributed by atoms with Crippen molar-refractivity contribution >= 4 is 46.0 Å². The molecule has 3 rings (SSSR count). The second-order valence-electron chi connectivity index (χ2n) is 6.58. The van der Waals surface area contributed by atoms with Gasteiger partial charge in [0, 0.05) is 5.56 Å². The lowest BCUT2D eigenvalue weighted by molar-refractivity contribution is -0.113. The van der Waals surface area contributed by atoms with Gasteiger partial charge in [-0.25, -0.2) is 0 Å². The number of rotatable bonds is 9. The Kier molecular flexibility index (Phi) is 7.76. The molecule has 7 heteroatoms. The Morgan fingerprint density at radius 2 is 1.84 bits per heavy atom. The number of thioether (sulfide) groups is 1. The second-order valence-corrected chi connectivity index (χ2v) is 8.26. The van der Waals surface area contributed by atoms with Crippen LogP contribution in [-0.2, 0) is 11.2 Å². The summed E-state index contributed by atoms with van der Waals surface area (Å²) in [6.07, 6.45) is 4.29. The molecule has 0 bridgehead atoms. The molecule has 162 valence electrons. The van der Waals surface area contributed by atoms with E-state index in [0.29, 0.717) is 46.0 Å². The van der Waals surface area contributed by atoms with Crippen LogP contribution in [0, 0.1) is 0 Å². The van der Waals surface area contributed by atoms with Crippen LogP contribution in [0.3, 0.4) is 0 Å². The van der Waals surface area contributed by atoms with E-state index < -0.39 is 0 Å². The predicted molar refractivity (Wildman–Crippen MR) is 131 cm³/mol. The van der Waals surface area contributed by atoms with Gasteiger partial charge in [0.05, 0.1) is 30.9 Å². The molecule has 0 saturated carbocycles. The highest BCUT2D eigenvalue weighted by molar-refractivity contribution is 8.27. The van der Waals surface area contributed by atoms with E-state index in [1.54, 1.807) is 19.2 Å². The molecule has 2 aromatic rings. The number of allylic oxidation sites excluding steroid dienone is 1. The molecule has 0 aromatic heterocycles. The van der Waals surface area contributed by atoms with Crippen LogP contribution in [0.5, 0.6) is 17.2 Å². The van der Waals surface area contributed by atoms with Gasteiger partial charge >= 0.3 is 0 Å². The molecule has 2 aromatic carbocycles. The minimum atomic E-state index is -0.155. The van der Waals surface area contributed by atoms with E-state index >= 15 is 0 Å². The number of hydrogen-bond acceptors (Lipinski definition) is 6. The van der Waals surface area contributed by atoms with Crippen molar-refractivity contribution in [3.8, 4) is 17.2 Å². The number of hydrogen-bond donors (Lipinski definition) is 0. The SMILES string of the molecule is C=CCc1cc(/C=C2\SC(=S)N(c3ccc(OC)cc3)C2=O)cc(OCC)c1OCC. The Labute approximate surface area is 192 Å². The van der Waals surface area contributed by atoms with E-state index in [-0.39, 0.29) is 5.91 Å². The van der Waals surface area contributed by atoms with Crippen molar-refractivity contribution in [3.63, 3.8) is 0 Å². The molecule has 1 saturated heterocycles. The third-order valence-corrected chi connectivity index (χ3v) is 5.83. The number of benzene rings is 2. The molecule has 0 spiro atoms. The summed E-state index contributed by atoms with van der Waals surface area (Å²) in [6.45, 7) is 8.75. The number of anilines is 1. The number of nitrogens with zero attached hydrogens (tertiary/aromatic N) is 1. The molecule has 0 atom stereocenters. The third-order valence-electron chi connectivity index (χ3n) is 4.53. The van der Waals surface area contributed by atoms with Gasteiger partial charge in [0.25, 0.3) is 5.91 Å². The molecular formula is C24H25NO4S2. The van der Waals surface area contributed by atoms with Crippen LogP contribution in [-0.4, -0.2) is 30.6 Å². The molecule has 1 aliphatic rings. The lowest BCUT2D eigenvalue weighted by Crippen LogP contribution is -2.27. The highest BCUT2D eigenvalue weighted by Gasteiger charge is 2.33. The van der Waals surface area contributed by atoms with Gasteiger partial charge in [-0.05, 0) is 68.3 Å². The Balaban J connectivity index is 1.97. The Hall–Kier alpha value is -2.77. The van der Waals surface area contributed by atoms with Crippen LogP contribution in [0.4, 0.5) is 5.69 Å². The minimum absolute atomic E-state index is 0.155. The molecule has 5 nitrogen and oxygen atoms in total. The maximum Gasteiger partial charge on any atom is 0.270 e. The smallest absolute Gasteiger partial charge is 0.270 e. The zero-order chi connectivity index (χ0) is 22.4. The molecular weight excluding hydrogens is 430 g/mol. The van der Waals surface area contributed by atoms with Crippen molar-refractivity contribution in [1.29, 1.82) is 0 Å². The van der Waals surface area contributed by atoms with Crippen LogP contribution < -0.4 is 19.1 Å². The summed E-state index contributed by atoms with van der Waals surface area (Å²) in [5.41, 5.74) is 2.51. The van der Waals surface area contributed by atoms with Gasteiger partial charge in [-0.3, -0.25) is 9.69 Å². The monoisotopic (exact) mass is 455 g/mol. The summed E-state index contributed by atoms with van der Waals surface area (Å²) in [5.74, 6) is 1.93. The number of methoxy groups -OCH3 is 1. The Morgan fingerprint density at radius 1 is 1.13 bits per heavy atom. The Morgan fingerprint density at radius 3 is 2.45 bits per heavy atom. The first-order chi connectivity index (χ1) is 15.0. The first kappa shape index (κ1) is 22.9. The minimum Gasteiger partial charge on any atom is -0.497 e. The summed E-state index contributed by atoms with van der Waals surface area (Å²) in [5, 5.41) is 0. The fraction of sp³-hybridized carbons (Fsp3) is 0.250. The van der Waals surface area contributed by atoms with Crippen molar-refractivity contribution in [2.24, 2.45) is 0 Å². The van der Waals surface area contributed by atoms with Gasteiger partial charge < -0.3 is 14.2 Å². The summed E-state index contributed by atoms with van der Waals surface area (Å²) in [7, 11) is 1.60. The van der Waals surface area contributed by atoms with Crippen LogP contribution >= 0.6 is 24.0 Å². The van der Waals surface area contributed by atoms with Crippen LogP contribution in [0.2, 0.25) is 0 Å². The van der Waals surface area contributed by atoms with Crippen LogP contribution in [0.25, 0.3) is 6.08 Å². The summed E-state index contributed by atoms with van der Waals surface area (Å²) in [6, 6.07) is 11.1. The maximum atomic E-state index is 13.1. The normalized spacial score (nSPS) is 14.8. The summed E-state index contributed by atoms with van der Waals surface area (Å²) < 4.78 is 17.3. The fourth-order valence-electron chi connectivity index (χ4n) is 3.22. The number of thiocarbonyl (C=S) groups is 1. The van der Waals surface area contributed by atoms with E-state index in [1.165, 1.54) is 16.7 Å². The fourth-order valence-corrected chi connectivity index (χ4v) is 4.52. The van der Waals surface area contributed by atoms with Gasteiger partial charge in [-0.15, -0.1) is 6.58 Å². The first-order valence-corrected chi connectivity index (χ1v) is 11.2. The third kappa shape index (κ3) is 5.11. The summed E-state index contributed by atoms with van der Waals surface area (Å²) in [4.78, 5) is 15.2. The van der Waals surface area contributed by atoms with Crippen molar-refractivity contribution in [2.75, 3.05) is 25.2 Å². The molecule has 0 aliphatic carbocycles. The average Bonchev–Trinajstić information content (AvgIpc) is 3.04. The largest absolute Gasteiger partial charge is 0.497 e. The lowest BCUT2D eigenvalue weighted by atomic mass is 10.0. The number of carbonyl (C=O) groups is 1. The molecule has 31 heavy (non-hydrogen) atoms. The average molecular weight is 456 g/mol.